The molecule has 0 unspecified atom stereocenters. The van der Waals surface area contributed by atoms with Gasteiger partial charge in [-0.2, -0.15) is 22.6 Å². The largest absolute Gasteiger partial charge is 0.416 e. The summed E-state index contributed by atoms with van der Waals surface area (Å²) in [4.78, 5) is 10.4. The third kappa shape index (κ3) is 5.33. The minimum absolute atomic E-state index is 0.0679. The van der Waals surface area contributed by atoms with Gasteiger partial charge in [-0.25, -0.2) is 8.42 Å². The minimum Gasteiger partial charge on any atom is -0.272 e. The summed E-state index contributed by atoms with van der Waals surface area (Å²) in [7, 11) is -3.88. The third-order valence-electron chi connectivity index (χ3n) is 4.15. The van der Waals surface area contributed by atoms with Gasteiger partial charge < -0.3 is 0 Å². The van der Waals surface area contributed by atoms with E-state index in [-0.39, 0.29) is 23.7 Å². The van der Waals surface area contributed by atoms with Crippen LogP contribution in [0, 0.1) is 10.1 Å². The number of anilines is 1. The molecule has 0 spiro atoms. The fraction of sp³-hybridized carbons (Fsp3) is 0.278. The molecule has 2 rings (SSSR count). The van der Waals surface area contributed by atoms with Gasteiger partial charge in [-0.1, -0.05) is 26.0 Å². The van der Waals surface area contributed by atoms with Gasteiger partial charge >= 0.3 is 6.18 Å². The molecule has 2 aromatic rings. The zero-order chi connectivity index (χ0) is 22.5. The molecular weight excluding hydrogens is 425 g/mol. The SMILES string of the molecule is CCN(CC)S(=O)(=O)c1ccc(NN=Cc2ccc(C(F)(F)F)cc2)c([N+](=O)[O-])c1. The zero-order valence-corrected chi connectivity index (χ0v) is 16.9. The second kappa shape index (κ2) is 9.22. The first-order valence-corrected chi connectivity index (χ1v) is 10.2. The van der Waals surface area contributed by atoms with E-state index in [4.69, 9.17) is 0 Å². The van der Waals surface area contributed by atoms with Crippen LogP contribution in [0.1, 0.15) is 25.0 Å². The molecule has 0 saturated carbocycles. The van der Waals surface area contributed by atoms with E-state index in [0.717, 1.165) is 18.2 Å². The lowest BCUT2D eigenvalue weighted by Crippen LogP contribution is -2.30. The molecule has 12 heteroatoms. The van der Waals surface area contributed by atoms with Gasteiger partial charge in [-0.15, -0.1) is 0 Å². The predicted octanol–water partition coefficient (Wildman–Crippen LogP) is 4.09. The number of halogens is 3. The molecule has 30 heavy (non-hydrogen) atoms. The number of nitrogens with zero attached hydrogens (tertiary/aromatic N) is 3. The van der Waals surface area contributed by atoms with Crippen molar-refractivity contribution in [2.75, 3.05) is 18.5 Å². The van der Waals surface area contributed by atoms with Crippen molar-refractivity contribution < 1.29 is 26.5 Å². The lowest BCUT2D eigenvalue weighted by Gasteiger charge is -2.18. The fourth-order valence-corrected chi connectivity index (χ4v) is 4.04. The second-order valence-electron chi connectivity index (χ2n) is 6.02. The highest BCUT2D eigenvalue weighted by atomic mass is 32.2. The average Bonchev–Trinajstić information content (AvgIpc) is 2.68. The van der Waals surface area contributed by atoms with E-state index in [1.807, 2.05) is 0 Å². The number of rotatable bonds is 8. The van der Waals surface area contributed by atoms with Gasteiger partial charge in [-0.3, -0.25) is 15.5 Å². The number of nitrogens with one attached hydrogen (secondary N) is 1. The van der Waals surface area contributed by atoms with E-state index in [9.17, 15) is 31.7 Å². The fourth-order valence-electron chi connectivity index (χ4n) is 2.56. The number of hydrogen-bond donors (Lipinski definition) is 1. The summed E-state index contributed by atoms with van der Waals surface area (Å²) < 4.78 is 64.0. The summed E-state index contributed by atoms with van der Waals surface area (Å²) in [5, 5.41) is 15.2. The van der Waals surface area contributed by atoms with Crippen molar-refractivity contribution >= 4 is 27.6 Å². The molecule has 0 radical (unpaired) electrons. The molecule has 0 fully saturated rings. The molecule has 0 aliphatic carbocycles. The first kappa shape index (κ1) is 23.3. The monoisotopic (exact) mass is 444 g/mol. The Hall–Kier alpha value is -2.99. The lowest BCUT2D eigenvalue weighted by molar-refractivity contribution is -0.384. The van der Waals surface area contributed by atoms with Crippen LogP contribution in [0.2, 0.25) is 0 Å². The van der Waals surface area contributed by atoms with Crippen molar-refractivity contribution in [3.8, 4) is 0 Å². The number of alkyl halides is 3. The molecule has 0 amide bonds. The van der Waals surface area contributed by atoms with Crippen LogP contribution in [0.15, 0.2) is 52.5 Å². The van der Waals surface area contributed by atoms with Gasteiger partial charge in [0, 0.05) is 19.2 Å². The van der Waals surface area contributed by atoms with Crippen LogP contribution in [0.3, 0.4) is 0 Å². The van der Waals surface area contributed by atoms with Crippen LogP contribution in [-0.2, 0) is 16.2 Å². The molecule has 0 saturated heterocycles. The Labute approximate surface area is 171 Å². The molecular formula is C18H19F3N4O4S. The molecule has 2 aromatic carbocycles. The number of hydrogen-bond acceptors (Lipinski definition) is 6. The molecule has 0 aromatic heterocycles. The summed E-state index contributed by atoms with van der Waals surface area (Å²) in [6, 6.07) is 7.52. The summed E-state index contributed by atoms with van der Waals surface area (Å²) in [6.45, 7) is 3.73. The first-order chi connectivity index (χ1) is 14.0. The van der Waals surface area contributed by atoms with E-state index in [0.29, 0.717) is 5.56 Å². The maximum absolute atomic E-state index is 12.6. The zero-order valence-electron chi connectivity index (χ0n) is 16.0. The molecule has 1 N–H and O–H groups in total. The maximum atomic E-state index is 12.6. The van der Waals surface area contributed by atoms with E-state index >= 15 is 0 Å². The van der Waals surface area contributed by atoms with Gasteiger partial charge in [0.25, 0.3) is 5.69 Å². The molecule has 162 valence electrons. The maximum Gasteiger partial charge on any atom is 0.416 e. The first-order valence-electron chi connectivity index (χ1n) is 8.75. The Morgan fingerprint density at radius 1 is 1.13 bits per heavy atom. The summed E-state index contributed by atoms with van der Waals surface area (Å²) in [5.41, 5.74) is 1.37. The molecule has 0 bridgehead atoms. The quantitative estimate of drug-likeness (QED) is 0.375. The van der Waals surface area contributed by atoms with Crippen molar-refractivity contribution in [3.05, 3.63) is 63.7 Å². The number of benzene rings is 2. The van der Waals surface area contributed by atoms with Crippen LogP contribution in [-0.4, -0.2) is 37.0 Å². The van der Waals surface area contributed by atoms with Gasteiger partial charge in [0.05, 0.1) is 21.6 Å². The lowest BCUT2D eigenvalue weighted by atomic mass is 10.1. The summed E-state index contributed by atoms with van der Waals surface area (Å²) in [5.74, 6) is 0. The molecule has 0 aliphatic heterocycles. The highest BCUT2D eigenvalue weighted by Crippen LogP contribution is 2.30. The van der Waals surface area contributed by atoms with Crippen molar-refractivity contribution in [3.63, 3.8) is 0 Å². The highest BCUT2D eigenvalue weighted by Gasteiger charge is 2.30. The van der Waals surface area contributed by atoms with Crippen molar-refractivity contribution in [2.45, 2.75) is 24.9 Å². The highest BCUT2D eigenvalue weighted by molar-refractivity contribution is 7.89. The number of nitro groups is 1. The minimum atomic E-state index is -4.46. The second-order valence-corrected chi connectivity index (χ2v) is 7.95. The normalized spacial score (nSPS) is 12.5. The van der Waals surface area contributed by atoms with E-state index in [2.05, 4.69) is 10.5 Å². The standard InChI is InChI=1S/C18H19F3N4O4S/c1-3-24(4-2)30(28,29)15-9-10-16(17(11-15)25(26)27)23-22-12-13-5-7-14(8-6-13)18(19,20)21/h5-12,23H,3-4H2,1-2H3. The van der Waals surface area contributed by atoms with Crippen molar-refractivity contribution in [1.29, 1.82) is 0 Å². The smallest absolute Gasteiger partial charge is 0.272 e. The Morgan fingerprint density at radius 3 is 2.23 bits per heavy atom. The van der Waals surface area contributed by atoms with Crippen LogP contribution >= 0.6 is 0 Å². The van der Waals surface area contributed by atoms with Crippen molar-refractivity contribution in [2.24, 2.45) is 5.10 Å². The summed E-state index contributed by atoms with van der Waals surface area (Å²) in [6.07, 6.45) is -3.27. The van der Waals surface area contributed by atoms with E-state index < -0.39 is 32.4 Å². The van der Waals surface area contributed by atoms with Gasteiger partial charge in [0.1, 0.15) is 5.69 Å². The predicted molar refractivity (Wildman–Crippen MR) is 106 cm³/mol. The number of nitro benzene ring substituents is 1. The van der Waals surface area contributed by atoms with Gasteiger partial charge in [0.15, 0.2) is 0 Å². The van der Waals surface area contributed by atoms with Crippen molar-refractivity contribution in [1.82, 2.24) is 4.31 Å². The Morgan fingerprint density at radius 2 is 1.73 bits per heavy atom. The van der Waals surface area contributed by atoms with Crippen LogP contribution < -0.4 is 5.43 Å². The number of hydrazone groups is 1. The van der Waals surface area contributed by atoms with Crippen LogP contribution in [0.25, 0.3) is 0 Å². The van der Waals surface area contributed by atoms with E-state index in [1.165, 1.54) is 34.8 Å². The third-order valence-corrected chi connectivity index (χ3v) is 6.19. The van der Waals surface area contributed by atoms with E-state index in [1.54, 1.807) is 13.8 Å². The molecule has 0 aliphatic rings. The topological polar surface area (TPSA) is 105 Å². The van der Waals surface area contributed by atoms with Gasteiger partial charge in [0.2, 0.25) is 10.0 Å². The molecule has 8 nitrogen and oxygen atoms in total. The summed E-state index contributed by atoms with van der Waals surface area (Å²) >= 11 is 0. The Kier molecular flexibility index (Phi) is 7.16. The average molecular weight is 444 g/mol. The molecule has 0 heterocycles. The Bertz CT molecular complexity index is 1030. The Balaban J connectivity index is 2.26. The van der Waals surface area contributed by atoms with Gasteiger partial charge in [-0.05, 0) is 29.8 Å². The van der Waals surface area contributed by atoms with Crippen LogP contribution in [0.4, 0.5) is 24.5 Å². The molecule has 0 atom stereocenters. The van der Waals surface area contributed by atoms with Crippen LogP contribution in [0.5, 0.6) is 0 Å². The number of sulfonamides is 1.